The van der Waals surface area contributed by atoms with Crippen molar-refractivity contribution in [2.24, 2.45) is 7.05 Å². The Balaban J connectivity index is 1.81. The summed E-state index contributed by atoms with van der Waals surface area (Å²) in [6, 6.07) is 28.6. The Bertz CT molecular complexity index is 1210. The van der Waals surface area contributed by atoms with Gasteiger partial charge in [0.1, 0.15) is 5.76 Å². The van der Waals surface area contributed by atoms with E-state index in [1.54, 1.807) is 7.11 Å². The molecular weight excluding hydrogens is 356 g/mol. The molecule has 142 valence electrons. The van der Waals surface area contributed by atoms with E-state index in [2.05, 4.69) is 70.5 Å². The molecule has 0 amide bonds. The molecule has 0 aliphatic carbocycles. The van der Waals surface area contributed by atoms with Crippen molar-refractivity contribution in [2.45, 2.75) is 6.54 Å². The zero-order valence-corrected chi connectivity index (χ0v) is 16.7. The number of aryl methyl sites for hydroxylation is 1. The van der Waals surface area contributed by atoms with Crippen molar-refractivity contribution >= 4 is 22.9 Å². The molecule has 1 aromatic heterocycles. The molecule has 0 radical (unpaired) electrons. The molecule has 0 N–H and O–H groups in total. The maximum absolute atomic E-state index is 5.72. The van der Waals surface area contributed by atoms with Crippen LogP contribution in [0.25, 0.3) is 22.9 Å². The fourth-order valence-corrected chi connectivity index (χ4v) is 3.47. The Labute approximate surface area is 171 Å². The molecule has 1 heterocycles. The van der Waals surface area contributed by atoms with Crippen LogP contribution in [0, 0.1) is 11.8 Å². The Hall–Kier alpha value is -3.77. The van der Waals surface area contributed by atoms with E-state index in [-0.39, 0.29) is 0 Å². The summed E-state index contributed by atoms with van der Waals surface area (Å²) in [5.74, 6) is 8.44. The second-order valence-corrected chi connectivity index (χ2v) is 6.74. The van der Waals surface area contributed by atoms with Crippen LogP contribution in [0.4, 0.5) is 0 Å². The Morgan fingerprint density at radius 3 is 2.31 bits per heavy atom. The number of rotatable bonds is 4. The molecular formula is C26H23N2O+. The molecule has 4 rings (SSSR count). The minimum Gasteiger partial charge on any atom is -0.496 e. The van der Waals surface area contributed by atoms with Crippen molar-refractivity contribution in [2.75, 3.05) is 7.11 Å². The number of hydrogen-bond donors (Lipinski definition) is 0. The molecule has 3 heteroatoms. The number of nitrogens with zero attached hydrogens (tertiary/aromatic N) is 2. The highest BCUT2D eigenvalue weighted by Gasteiger charge is 2.21. The second-order valence-electron chi connectivity index (χ2n) is 6.74. The van der Waals surface area contributed by atoms with Crippen molar-refractivity contribution in [3.63, 3.8) is 0 Å². The molecule has 29 heavy (non-hydrogen) atoms. The van der Waals surface area contributed by atoms with Gasteiger partial charge in [0.2, 0.25) is 0 Å². The number of para-hydroxylation sites is 2. The molecule has 0 bridgehead atoms. The van der Waals surface area contributed by atoms with Crippen LogP contribution in [-0.2, 0) is 18.3 Å². The minimum absolute atomic E-state index is 0.591. The topological polar surface area (TPSA) is 18.0 Å². The molecule has 0 saturated heterocycles. The van der Waals surface area contributed by atoms with Crippen molar-refractivity contribution < 1.29 is 9.30 Å². The van der Waals surface area contributed by atoms with Gasteiger partial charge >= 0.3 is 0 Å². The fourth-order valence-electron chi connectivity index (χ4n) is 3.47. The van der Waals surface area contributed by atoms with Gasteiger partial charge in [-0.05, 0) is 24.3 Å². The first-order valence-electron chi connectivity index (χ1n) is 9.60. The van der Waals surface area contributed by atoms with Gasteiger partial charge in [-0.25, -0.2) is 9.13 Å². The smallest absolute Gasteiger partial charge is 0.286 e. The van der Waals surface area contributed by atoms with Gasteiger partial charge in [-0.15, -0.1) is 0 Å². The van der Waals surface area contributed by atoms with Crippen LogP contribution in [0.5, 0.6) is 0 Å². The van der Waals surface area contributed by atoms with Gasteiger partial charge in [-0.1, -0.05) is 72.5 Å². The lowest BCUT2D eigenvalue weighted by Crippen LogP contribution is -2.31. The number of ether oxygens (including phenoxy) is 1. The molecule has 0 aliphatic heterocycles. The minimum atomic E-state index is 0.591. The van der Waals surface area contributed by atoms with Crippen LogP contribution >= 0.6 is 0 Å². The van der Waals surface area contributed by atoms with E-state index in [1.807, 2.05) is 48.5 Å². The van der Waals surface area contributed by atoms with E-state index in [0.29, 0.717) is 6.54 Å². The quantitative estimate of drug-likeness (QED) is 0.286. The highest BCUT2D eigenvalue weighted by Crippen LogP contribution is 2.21. The first-order valence-corrected chi connectivity index (χ1v) is 9.60. The van der Waals surface area contributed by atoms with Crippen LogP contribution < -0.4 is 4.57 Å². The second kappa shape index (κ2) is 8.50. The number of hydrogen-bond acceptors (Lipinski definition) is 1. The fraction of sp³-hybridized carbons (Fsp3) is 0.115. The molecule has 0 atom stereocenters. The van der Waals surface area contributed by atoms with Gasteiger partial charge in [-0.2, -0.15) is 0 Å². The first-order chi connectivity index (χ1) is 14.3. The standard InChI is InChI=1S/C26H23N2O/c1-27-23-17-9-10-18-24(23)28(19-11-14-21-12-5-3-6-13-21)26(27)20-25(29-2)22-15-7-4-8-16-22/h3-10,12-13,15-18,20H,19H2,1-2H3/q+1/b25-20-. The van der Waals surface area contributed by atoms with Gasteiger partial charge in [0, 0.05) is 11.1 Å². The van der Waals surface area contributed by atoms with Gasteiger partial charge in [0.05, 0.1) is 20.2 Å². The van der Waals surface area contributed by atoms with Gasteiger partial charge in [0.25, 0.3) is 5.82 Å². The summed E-state index contributed by atoms with van der Waals surface area (Å²) in [6.45, 7) is 0.591. The Morgan fingerprint density at radius 1 is 0.931 bits per heavy atom. The predicted octanol–water partition coefficient (Wildman–Crippen LogP) is 4.66. The van der Waals surface area contributed by atoms with E-state index in [9.17, 15) is 0 Å². The lowest BCUT2D eigenvalue weighted by molar-refractivity contribution is -0.647. The molecule has 3 aromatic carbocycles. The molecule has 0 unspecified atom stereocenters. The van der Waals surface area contributed by atoms with Crippen molar-refractivity contribution in [3.8, 4) is 11.8 Å². The van der Waals surface area contributed by atoms with Gasteiger partial charge in [0.15, 0.2) is 17.6 Å². The molecule has 0 aliphatic rings. The van der Waals surface area contributed by atoms with Gasteiger partial charge < -0.3 is 4.74 Å². The van der Waals surface area contributed by atoms with E-state index in [0.717, 1.165) is 33.7 Å². The van der Waals surface area contributed by atoms with E-state index in [1.165, 1.54) is 0 Å². The average molecular weight is 379 g/mol. The summed E-state index contributed by atoms with van der Waals surface area (Å²) in [4.78, 5) is 0. The predicted molar refractivity (Wildman–Crippen MR) is 118 cm³/mol. The van der Waals surface area contributed by atoms with Crippen LogP contribution in [-0.4, -0.2) is 11.7 Å². The monoisotopic (exact) mass is 379 g/mol. The summed E-state index contributed by atoms with van der Waals surface area (Å²) in [5, 5.41) is 0. The summed E-state index contributed by atoms with van der Waals surface area (Å²) in [5.41, 5.74) is 4.37. The van der Waals surface area contributed by atoms with Crippen LogP contribution in [0.3, 0.4) is 0 Å². The molecule has 0 fully saturated rings. The maximum atomic E-state index is 5.72. The van der Waals surface area contributed by atoms with Crippen molar-refractivity contribution in [3.05, 3.63) is 102 Å². The Kier molecular flexibility index (Phi) is 5.45. The number of benzene rings is 3. The van der Waals surface area contributed by atoms with E-state index >= 15 is 0 Å². The first kappa shape index (κ1) is 18.6. The summed E-state index contributed by atoms with van der Waals surface area (Å²) in [6.07, 6.45) is 2.08. The lowest BCUT2D eigenvalue weighted by atomic mass is 10.2. The summed E-state index contributed by atoms with van der Waals surface area (Å²) < 4.78 is 10.1. The van der Waals surface area contributed by atoms with E-state index in [4.69, 9.17) is 4.74 Å². The Morgan fingerprint density at radius 2 is 1.59 bits per heavy atom. The highest BCUT2D eigenvalue weighted by atomic mass is 16.5. The SMILES string of the molecule is CO/C(=C\c1n(CC#Cc2ccccc2)c2ccccc2[n+]1C)c1ccccc1. The number of fused-ring (bicyclic) bond motifs is 1. The van der Waals surface area contributed by atoms with Crippen molar-refractivity contribution in [1.82, 2.24) is 4.57 Å². The number of methoxy groups -OCH3 is 1. The summed E-state index contributed by atoms with van der Waals surface area (Å²) >= 11 is 0. The number of imidazole rings is 1. The van der Waals surface area contributed by atoms with E-state index < -0.39 is 0 Å². The molecule has 0 saturated carbocycles. The highest BCUT2D eigenvalue weighted by molar-refractivity contribution is 5.79. The third kappa shape index (κ3) is 3.93. The van der Waals surface area contributed by atoms with Crippen molar-refractivity contribution in [1.29, 1.82) is 0 Å². The van der Waals surface area contributed by atoms with Gasteiger partial charge in [-0.3, -0.25) is 0 Å². The molecule has 3 nitrogen and oxygen atoms in total. The summed E-state index contributed by atoms with van der Waals surface area (Å²) in [7, 11) is 3.79. The average Bonchev–Trinajstić information content (AvgIpc) is 3.05. The zero-order chi connectivity index (χ0) is 20.1. The van der Waals surface area contributed by atoms with Crippen LogP contribution in [0.2, 0.25) is 0 Å². The number of aromatic nitrogens is 2. The lowest BCUT2D eigenvalue weighted by Gasteiger charge is -2.05. The largest absolute Gasteiger partial charge is 0.496 e. The third-order valence-electron chi connectivity index (χ3n) is 4.94. The van der Waals surface area contributed by atoms with Crippen LogP contribution in [0.1, 0.15) is 17.0 Å². The van der Waals surface area contributed by atoms with Crippen LogP contribution in [0.15, 0.2) is 84.9 Å². The molecule has 0 spiro atoms. The normalized spacial score (nSPS) is 11.2. The molecule has 4 aromatic rings. The zero-order valence-electron chi connectivity index (χ0n) is 16.7. The third-order valence-corrected chi connectivity index (χ3v) is 4.94. The maximum Gasteiger partial charge on any atom is 0.286 e.